The van der Waals surface area contributed by atoms with Gasteiger partial charge in [0.2, 0.25) is 5.91 Å². The second-order valence-electron chi connectivity index (χ2n) is 4.94. The Labute approximate surface area is 106 Å². The van der Waals surface area contributed by atoms with Gasteiger partial charge in [0, 0.05) is 23.8 Å². The van der Waals surface area contributed by atoms with E-state index < -0.39 is 0 Å². The third-order valence-electron chi connectivity index (χ3n) is 3.61. The molecular formula is C14H17N3O. The van der Waals surface area contributed by atoms with Gasteiger partial charge in [0.1, 0.15) is 5.65 Å². The smallest absolute Gasteiger partial charge is 0.224 e. The van der Waals surface area contributed by atoms with Crippen molar-refractivity contribution in [2.45, 2.75) is 38.1 Å². The first-order valence-corrected chi connectivity index (χ1v) is 6.53. The first-order valence-electron chi connectivity index (χ1n) is 6.53. The highest BCUT2D eigenvalue weighted by Gasteiger charge is 2.17. The van der Waals surface area contributed by atoms with E-state index in [1.54, 1.807) is 6.20 Å². The second kappa shape index (κ2) is 4.80. The third kappa shape index (κ3) is 2.23. The molecule has 0 saturated heterocycles. The highest BCUT2D eigenvalue weighted by atomic mass is 16.1. The highest BCUT2D eigenvalue weighted by molar-refractivity contribution is 5.87. The van der Waals surface area contributed by atoms with Gasteiger partial charge in [0.15, 0.2) is 0 Å². The number of aromatic nitrogens is 2. The molecule has 18 heavy (non-hydrogen) atoms. The van der Waals surface area contributed by atoms with Crippen LogP contribution in [-0.2, 0) is 11.2 Å². The molecule has 3 rings (SSSR count). The quantitative estimate of drug-likeness (QED) is 0.868. The van der Waals surface area contributed by atoms with Crippen molar-refractivity contribution in [1.82, 2.24) is 15.3 Å². The molecule has 0 spiro atoms. The zero-order chi connectivity index (χ0) is 12.4. The normalized spacial score (nSPS) is 16.2. The number of carbonyl (C=O) groups is 1. The standard InChI is InChI=1S/C14H17N3O/c18-13(17-11-4-1-2-5-11)8-10-9-16-14-12(10)6-3-7-15-14/h3,6-7,9,11H,1-2,4-5,8H2,(H,15,16)(H,17,18). The fourth-order valence-electron chi connectivity index (χ4n) is 2.68. The molecule has 0 aliphatic heterocycles. The summed E-state index contributed by atoms with van der Waals surface area (Å²) >= 11 is 0. The van der Waals surface area contributed by atoms with E-state index in [1.165, 1.54) is 12.8 Å². The third-order valence-corrected chi connectivity index (χ3v) is 3.61. The van der Waals surface area contributed by atoms with Gasteiger partial charge in [-0.2, -0.15) is 0 Å². The number of rotatable bonds is 3. The molecule has 0 atom stereocenters. The van der Waals surface area contributed by atoms with Crippen molar-refractivity contribution in [3.05, 3.63) is 30.1 Å². The van der Waals surface area contributed by atoms with Crippen LogP contribution in [0.3, 0.4) is 0 Å². The molecule has 1 amide bonds. The van der Waals surface area contributed by atoms with Crippen LogP contribution >= 0.6 is 0 Å². The Balaban J connectivity index is 1.70. The van der Waals surface area contributed by atoms with Crippen LogP contribution in [-0.4, -0.2) is 21.9 Å². The summed E-state index contributed by atoms with van der Waals surface area (Å²) in [6.07, 6.45) is 8.79. The minimum atomic E-state index is 0.117. The van der Waals surface area contributed by atoms with E-state index in [1.807, 2.05) is 18.3 Å². The molecule has 2 N–H and O–H groups in total. The molecule has 0 aromatic carbocycles. The van der Waals surface area contributed by atoms with E-state index in [9.17, 15) is 4.79 Å². The molecule has 1 saturated carbocycles. The lowest BCUT2D eigenvalue weighted by Gasteiger charge is -2.11. The summed E-state index contributed by atoms with van der Waals surface area (Å²) in [5, 5.41) is 4.15. The summed E-state index contributed by atoms with van der Waals surface area (Å²) < 4.78 is 0. The number of H-pyrrole nitrogens is 1. The highest BCUT2D eigenvalue weighted by Crippen LogP contribution is 2.19. The lowest BCUT2D eigenvalue weighted by molar-refractivity contribution is -0.121. The van der Waals surface area contributed by atoms with E-state index >= 15 is 0 Å². The molecule has 4 nitrogen and oxygen atoms in total. The zero-order valence-electron chi connectivity index (χ0n) is 10.3. The van der Waals surface area contributed by atoms with Crippen LogP contribution < -0.4 is 5.32 Å². The minimum absolute atomic E-state index is 0.117. The molecule has 94 valence electrons. The number of hydrogen-bond donors (Lipinski definition) is 2. The number of nitrogens with one attached hydrogen (secondary N) is 2. The van der Waals surface area contributed by atoms with Crippen LogP contribution in [0.2, 0.25) is 0 Å². The van der Waals surface area contributed by atoms with Crippen molar-refractivity contribution in [3.63, 3.8) is 0 Å². The zero-order valence-corrected chi connectivity index (χ0v) is 10.3. The second-order valence-corrected chi connectivity index (χ2v) is 4.94. The lowest BCUT2D eigenvalue weighted by Crippen LogP contribution is -2.33. The molecule has 1 aliphatic rings. The molecule has 4 heteroatoms. The van der Waals surface area contributed by atoms with Gasteiger partial charge in [0.05, 0.1) is 6.42 Å². The largest absolute Gasteiger partial charge is 0.353 e. The average Bonchev–Trinajstić information content (AvgIpc) is 3.00. The van der Waals surface area contributed by atoms with Crippen molar-refractivity contribution >= 4 is 16.9 Å². The summed E-state index contributed by atoms with van der Waals surface area (Å²) in [4.78, 5) is 19.3. The minimum Gasteiger partial charge on any atom is -0.353 e. The molecule has 2 aromatic heterocycles. The van der Waals surface area contributed by atoms with Gasteiger partial charge >= 0.3 is 0 Å². The van der Waals surface area contributed by atoms with Gasteiger partial charge in [-0.3, -0.25) is 4.79 Å². The average molecular weight is 243 g/mol. The molecule has 2 aromatic rings. The predicted octanol–water partition coefficient (Wildman–Crippen LogP) is 2.16. The first-order chi connectivity index (χ1) is 8.83. The Morgan fingerprint density at radius 2 is 2.28 bits per heavy atom. The Bertz CT molecular complexity index is 555. The number of carbonyl (C=O) groups excluding carboxylic acids is 1. The lowest BCUT2D eigenvalue weighted by atomic mass is 10.1. The number of amides is 1. The number of aromatic amines is 1. The molecule has 2 heterocycles. The van der Waals surface area contributed by atoms with Gasteiger partial charge in [-0.05, 0) is 30.5 Å². The molecule has 0 bridgehead atoms. The van der Waals surface area contributed by atoms with Crippen molar-refractivity contribution in [3.8, 4) is 0 Å². The molecule has 0 radical (unpaired) electrons. The van der Waals surface area contributed by atoms with Crippen LogP contribution in [0.5, 0.6) is 0 Å². The Morgan fingerprint density at radius 3 is 3.11 bits per heavy atom. The van der Waals surface area contributed by atoms with E-state index in [0.717, 1.165) is 29.4 Å². The summed E-state index contributed by atoms with van der Waals surface area (Å²) in [5.41, 5.74) is 1.87. The fraction of sp³-hybridized carbons (Fsp3) is 0.429. The van der Waals surface area contributed by atoms with Crippen LogP contribution in [0, 0.1) is 0 Å². The van der Waals surface area contributed by atoms with Gasteiger partial charge < -0.3 is 10.3 Å². The van der Waals surface area contributed by atoms with Gasteiger partial charge in [0.25, 0.3) is 0 Å². The van der Waals surface area contributed by atoms with Gasteiger partial charge in [-0.1, -0.05) is 12.8 Å². The maximum atomic E-state index is 12.0. The van der Waals surface area contributed by atoms with Crippen molar-refractivity contribution in [2.75, 3.05) is 0 Å². The predicted molar refractivity (Wildman–Crippen MR) is 70.2 cm³/mol. The summed E-state index contributed by atoms with van der Waals surface area (Å²) in [6.45, 7) is 0. The van der Waals surface area contributed by atoms with Crippen LogP contribution in [0.15, 0.2) is 24.5 Å². The molecule has 0 unspecified atom stereocenters. The van der Waals surface area contributed by atoms with Crippen LogP contribution in [0.25, 0.3) is 11.0 Å². The maximum absolute atomic E-state index is 12.0. The van der Waals surface area contributed by atoms with E-state index in [0.29, 0.717) is 12.5 Å². The van der Waals surface area contributed by atoms with Crippen molar-refractivity contribution < 1.29 is 4.79 Å². The number of fused-ring (bicyclic) bond motifs is 1. The summed E-state index contributed by atoms with van der Waals surface area (Å²) in [5.74, 6) is 0.117. The van der Waals surface area contributed by atoms with Gasteiger partial charge in [-0.25, -0.2) is 4.98 Å². The maximum Gasteiger partial charge on any atom is 0.224 e. The SMILES string of the molecule is O=C(Cc1c[nH]c2ncccc12)NC1CCCC1. The Morgan fingerprint density at radius 1 is 1.44 bits per heavy atom. The Hall–Kier alpha value is -1.84. The van der Waals surface area contributed by atoms with Crippen LogP contribution in [0.4, 0.5) is 0 Å². The number of nitrogens with zero attached hydrogens (tertiary/aromatic N) is 1. The molecule has 1 fully saturated rings. The van der Waals surface area contributed by atoms with E-state index in [4.69, 9.17) is 0 Å². The fourth-order valence-corrected chi connectivity index (χ4v) is 2.68. The molecule has 1 aliphatic carbocycles. The summed E-state index contributed by atoms with van der Waals surface area (Å²) in [6, 6.07) is 4.28. The topological polar surface area (TPSA) is 57.8 Å². The summed E-state index contributed by atoms with van der Waals surface area (Å²) in [7, 11) is 0. The number of hydrogen-bond acceptors (Lipinski definition) is 2. The molecular weight excluding hydrogens is 226 g/mol. The Kier molecular flexibility index (Phi) is 3.00. The van der Waals surface area contributed by atoms with E-state index in [-0.39, 0.29) is 5.91 Å². The van der Waals surface area contributed by atoms with Gasteiger partial charge in [-0.15, -0.1) is 0 Å². The van der Waals surface area contributed by atoms with E-state index in [2.05, 4.69) is 15.3 Å². The van der Waals surface area contributed by atoms with Crippen molar-refractivity contribution in [2.24, 2.45) is 0 Å². The first kappa shape index (κ1) is 11.3. The van der Waals surface area contributed by atoms with Crippen LogP contribution in [0.1, 0.15) is 31.2 Å². The number of pyridine rings is 1. The monoisotopic (exact) mass is 243 g/mol. The van der Waals surface area contributed by atoms with Crippen molar-refractivity contribution in [1.29, 1.82) is 0 Å².